The molecule has 16 heavy (non-hydrogen) atoms. The third kappa shape index (κ3) is 3.45. The van der Waals surface area contributed by atoms with Crippen molar-refractivity contribution >= 4 is 29.0 Å². The van der Waals surface area contributed by atoms with Gasteiger partial charge in [0, 0.05) is 23.5 Å². The summed E-state index contributed by atoms with van der Waals surface area (Å²) in [7, 11) is 0. The SMILES string of the molecule is CSCCC(=O)Nc1cc(N)c(C)cc1C. The van der Waals surface area contributed by atoms with Crippen molar-refractivity contribution in [1.29, 1.82) is 0 Å². The van der Waals surface area contributed by atoms with Crippen molar-refractivity contribution in [1.82, 2.24) is 0 Å². The Kier molecular flexibility index (Phi) is 4.68. The fourth-order valence-electron chi connectivity index (χ4n) is 1.41. The smallest absolute Gasteiger partial charge is 0.225 e. The molecule has 1 rings (SSSR count). The van der Waals surface area contributed by atoms with Gasteiger partial charge in [-0.25, -0.2) is 0 Å². The Morgan fingerprint density at radius 3 is 2.69 bits per heavy atom. The molecule has 0 fully saturated rings. The first-order chi connectivity index (χ1) is 7.54. The molecule has 0 atom stereocenters. The second-order valence-corrected chi connectivity index (χ2v) is 4.80. The van der Waals surface area contributed by atoms with E-state index in [9.17, 15) is 4.79 Å². The highest BCUT2D eigenvalue weighted by Gasteiger charge is 2.06. The second-order valence-electron chi connectivity index (χ2n) is 3.81. The van der Waals surface area contributed by atoms with E-state index in [1.54, 1.807) is 11.8 Å². The van der Waals surface area contributed by atoms with E-state index < -0.39 is 0 Å². The Balaban J connectivity index is 2.73. The molecule has 0 spiro atoms. The van der Waals surface area contributed by atoms with Gasteiger partial charge in [0.25, 0.3) is 0 Å². The molecule has 3 nitrogen and oxygen atoms in total. The van der Waals surface area contributed by atoms with Crippen LogP contribution in [0.2, 0.25) is 0 Å². The van der Waals surface area contributed by atoms with Crippen LogP contribution >= 0.6 is 11.8 Å². The maximum absolute atomic E-state index is 11.6. The Labute approximate surface area is 101 Å². The lowest BCUT2D eigenvalue weighted by atomic mass is 10.1. The number of nitrogens with one attached hydrogen (secondary N) is 1. The number of thioether (sulfide) groups is 1. The molecule has 0 radical (unpaired) electrons. The fourth-order valence-corrected chi connectivity index (χ4v) is 1.80. The first kappa shape index (κ1) is 12.9. The number of carbonyl (C=O) groups excluding carboxylic acids is 1. The molecule has 1 aromatic rings. The van der Waals surface area contributed by atoms with Gasteiger partial charge in [0.2, 0.25) is 5.91 Å². The van der Waals surface area contributed by atoms with Gasteiger partial charge < -0.3 is 11.1 Å². The van der Waals surface area contributed by atoms with Crippen molar-refractivity contribution in [2.45, 2.75) is 20.3 Å². The summed E-state index contributed by atoms with van der Waals surface area (Å²) in [5, 5.41) is 2.88. The van der Waals surface area contributed by atoms with Crippen LogP contribution in [0.15, 0.2) is 12.1 Å². The van der Waals surface area contributed by atoms with Crippen LogP contribution in [0.4, 0.5) is 11.4 Å². The molecule has 1 amide bonds. The van der Waals surface area contributed by atoms with Crippen LogP contribution in [0.5, 0.6) is 0 Å². The first-order valence-electron chi connectivity index (χ1n) is 5.20. The Morgan fingerprint density at radius 1 is 1.38 bits per heavy atom. The third-order valence-corrected chi connectivity index (χ3v) is 3.03. The van der Waals surface area contributed by atoms with Crippen LogP contribution in [-0.4, -0.2) is 17.9 Å². The zero-order valence-corrected chi connectivity index (χ0v) is 10.8. The Bertz CT molecular complexity index is 391. The number of hydrogen-bond acceptors (Lipinski definition) is 3. The number of aryl methyl sites for hydroxylation is 2. The van der Waals surface area contributed by atoms with E-state index in [1.165, 1.54) is 0 Å². The molecule has 0 aromatic heterocycles. The van der Waals surface area contributed by atoms with Gasteiger partial charge in [0.15, 0.2) is 0 Å². The molecule has 0 heterocycles. The van der Waals surface area contributed by atoms with Crippen molar-refractivity contribution in [2.75, 3.05) is 23.1 Å². The van der Waals surface area contributed by atoms with Crippen LogP contribution in [0.25, 0.3) is 0 Å². The van der Waals surface area contributed by atoms with E-state index in [2.05, 4.69) is 5.32 Å². The minimum absolute atomic E-state index is 0.0423. The van der Waals surface area contributed by atoms with Gasteiger partial charge in [-0.2, -0.15) is 11.8 Å². The van der Waals surface area contributed by atoms with Crippen LogP contribution in [0.3, 0.4) is 0 Å². The summed E-state index contributed by atoms with van der Waals surface area (Å²) in [4.78, 5) is 11.6. The minimum atomic E-state index is 0.0423. The highest BCUT2D eigenvalue weighted by Crippen LogP contribution is 2.22. The van der Waals surface area contributed by atoms with Crippen molar-refractivity contribution in [3.05, 3.63) is 23.3 Å². The molecule has 4 heteroatoms. The molecule has 0 unspecified atom stereocenters. The van der Waals surface area contributed by atoms with E-state index in [-0.39, 0.29) is 5.91 Å². The summed E-state index contributed by atoms with van der Waals surface area (Å²) in [5.41, 5.74) is 9.42. The van der Waals surface area contributed by atoms with E-state index in [1.807, 2.05) is 32.2 Å². The average Bonchev–Trinajstić information content (AvgIpc) is 2.23. The lowest BCUT2D eigenvalue weighted by molar-refractivity contribution is -0.115. The summed E-state index contributed by atoms with van der Waals surface area (Å²) >= 11 is 1.66. The normalized spacial score (nSPS) is 10.2. The Morgan fingerprint density at radius 2 is 2.06 bits per heavy atom. The maximum Gasteiger partial charge on any atom is 0.225 e. The Hall–Kier alpha value is -1.16. The molecular formula is C12H18N2OS. The van der Waals surface area contributed by atoms with Crippen LogP contribution < -0.4 is 11.1 Å². The molecular weight excluding hydrogens is 220 g/mol. The van der Waals surface area contributed by atoms with Gasteiger partial charge >= 0.3 is 0 Å². The maximum atomic E-state index is 11.6. The van der Waals surface area contributed by atoms with E-state index in [0.717, 1.165) is 22.6 Å². The highest BCUT2D eigenvalue weighted by atomic mass is 32.2. The lowest BCUT2D eigenvalue weighted by Gasteiger charge is -2.10. The molecule has 0 aliphatic carbocycles. The number of benzene rings is 1. The van der Waals surface area contributed by atoms with Crippen LogP contribution in [0.1, 0.15) is 17.5 Å². The van der Waals surface area contributed by atoms with Crippen molar-refractivity contribution in [3.8, 4) is 0 Å². The summed E-state index contributed by atoms with van der Waals surface area (Å²) in [5.74, 6) is 0.882. The molecule has 0 saturated heterocycles. The van der Waals surface area contributed by atoms with Gasteiger partial charge in [0.05, 0.1) is 0 Å². The summed E-state index contributed by atoms with van der Waals surface area (Å²) in [6.07, 6.45) is 2.52. The van der Waals surface area contributed by atoms with Gasteiger partial charge in [-0.05, 0) is 37.3 Å². The minimum Gasteiger partial charge on any atom is -0.398 e. The predicted molar refractivity (Wildman–Crippen MR) is 72.0 cm³/mol. The number of hydrogen-bond donors (Lipinski definition) is 2. The van der Waals surface area contributed by atoms with E-state index in [4.69, 9.17) is 5.73 Å². The molecule has 1 aromatic carbocycles. The average molecular weight is 238 g/mol. The first-order valence-corrected chi connectivity index (χ1v) is 6.59. The zero-order chi connectivity index (χ0) is 12.1. The fraction of sp³-hybridized carbons (Fsp3) is 0.417. The lowest BCUT2D eigenvalue weighted by Crippen LogP contribution is -2.13. The largest absolute Gasteiger partial charge is 0.398 e. The third-order valence-electron chi connectivity index (χ3n) is 2.42. The van der Waals surface area contributed by atoms with Gasteiger partial charge in [-0.15, -0.1) is 0 Å². The number of carbonyl (C=O) groups is 1. The summed E-state index contributed by atoms with van der Waals surface area (Å²) < 4.78 is 0. The quantitative estimate of drug-likeness (QED) is 0.793. The number of amides is 1. The molecule has 3 N–H and O–H groups in total. The highest BCUT2D eigenvalue weighted by molar-refractivity contribution is 7.98. The van der Waals surface area contributed by atoms with Crippen LogP contribution in [-0.2, 0) is 4.79 Å². The number of nitrogens with two attached hydrogens (primary N) is 1. The van der Waals surface area contributed by atoms with E-state index in [0.29, 0.717) is 12.1 Å². The van der Waals surface area contributed by atoms with Gasteiger partial charge in [-0.3, -0.25) is 4.79 Å². The van der Waals surface area contributed by atoms with Crippen molar-refractivity contribution < 1.29 is 4.79 Å². The predicted octanol–water partition coefficient (Wildman–Crippen LogP) is 2.58. The van der Waals surface area contributed by atoms with Crippen molar-refractivity contribution in [3.63, 3.8) is 0 Å². The van der Waals surface area contributed by atoms with E-state index >= 15 is 0 Å². The summed E-state index contributed by atoms with van der Waals surface area (Å²) in [6.45, 7) is 3.93. The molecule has 0 saturated carbocycles. The topological polar surface area (TPSA) is 55.1 Å². The monoisotopic (exact) mass is 238 g/mol. The molecule has 0 aliphatic heterocycles. The van der Waals surface area contributed by atoms with Gasteiger partial charge in [0.1, 0.15) is 0 Å². The van der Waals surface area contributed by atoms with Crippen LogP contribution in [0, 0.1) is 13.8 Å². The number of rotatable bonds is 4. The van der Waals surface area contributed by atoms with Crippen molar-refractivity contribution in [2.24, 2.45) is 0 Å². The van der Waals surface area contributed by atoms with Gasteiger partial charge in [-0.1, -0.05) is 6.07 Å². The number of nitrogen functional groups attached to an aromatic ring is 1. The molecule has 0 bridgehead atoms. The number of anilines is 2. The summed E-state index contributed by atoms with van der Waals surface area (Å²) in [6, 6.07) is 3.81. The molecule has 0 aliphatic rings. The zero-order valence-electron chi connectivity index (χ0n) is 9.96. The second kappa shape index (κ2) is 5.80. The standard InChI is InChI=1S/C12H18N2OS/c1-8-6-9(2)11(7-10(8)13)14-12(15)4-5-16-3/h6-7H,4-5,13H2,1-3H3,(H,14,15). The molecule has 88 valence electrons.